The van der Waals surface area contributed by atoms with E-state index in [2.05, 4.69) is 18.3 Å². The minimum Gasteiger partial charge on any atom is -0.387 e. The Kier molecular flexibility index (Phi) is 4.62. The smallest absolute Gasteiger partial charge is 0.101 e. The number of hydrogen-bond donors (Lipinski definition) is 2. The summed E-state index contributed by atoms with van der Waals surface area (Å²) in [6.45, 7) is 2.53. The molecule has 2 atom stereocenters. The van der Waals surface area contributed by atoms with Crippen LogP contribution in [0, 0.1) is 11.3 Å². The number of thioether (sulfide) groups is 1. The topological polar surface area (TPSA) is 56.0 Å². The second-order valence-corrected chi connectivity index (χ2v) is 6.60. The highest BCUT2D eigenvalue weighted by Crippen LogP contribution is 2.41. The number of para-hydroxylation sites is 1. The molecular weight excluding hydrogens is 280 g/mol. The zero-order valence-electron chi connectivity index (χ0n) is 10.8. The maximum absolute atomic E-state index is 10.5. The molecule has 0 radical (unpaired) electrons. The molecule has 2 unspecified atom stereocenters. The SMILES string of the molecule is CCSC1CCC1(O)CNc1c(Cl)cccc1C#N. The predicted octanol–water partition coefficient (Wildman–Crippen LogP) is 3.27. The Morgan fingerprint density at radius 3 is 3.00 bits per heavy atom. The van der Waals surface area contributed by atoms with Crippen LogP contribution in [-0.2, 0) is 0 Å². The molecule has 102 valence electrons. The Bertz CT molecular complexity index is 503. The Morgan fingerprint density at radius 1 is 1.63 bits per heavy atom. The fourth-order valence-corrected chi connectivity index (χ4v) is 3.72. The van der Waals surface area contributed by atoms with Gasteiger partial charge in [0.1, 0.15) is 6.07 Å². The third-order valence-electron chi connectivity index (χ3n) is 3.51. The molecule has 0 heterocycles. The molecule has 0 spiro atoms. The van der Waals surface area contributed by atoms with Crippen molar-refractivity contribution < 1.29 is 5.11 Å². The van der Waals surface area contributed by atoms with Crippen molar-refractivity contribution in [2.75, 3.05) is 17.6 Å². The van der Waals surface area contributed by atoms with Crippen LogP contribution in [0.15, 0.2) is 18.2 Å². The van der Waals surface area contributed by atoms with E-state index >= 15 is 0 Å². The molecule has 0 bridgehead atoms. The van der Waals surface area contributed by atoms with E-state index in [9.17, 15) is 5.11 Å². The van der Waals surface area contributed by atoms with Gasteiger partial charge in [0.25, 0.3) is 0 Å². The monoisotopic (exact) mass is 296 g/mol. The lowest BCUT2D eigenvalue weighted by molar-refractivity contribution is -0.0120. The summed E-state index contributed by atoms with van der Waals surface area (Å²) in [4.78, 5) is 0. The van der Waals surface area contributed by atoms with Gasteiger partial charge in [-0.15, -0.1) is 0 Å². The normalized spacial score (nSPS) is 25.5. The molecule has 5 heteroatoms. The van der Waals surface area contributed by atoms with Gasteiger partial charge in [-0.3, -0.25) is 0 Å². The number of halogens is 1. The summed E-state index contributed by atoms with van der Waals surface area (Å²) < 4.78 is 0. The lowest BCUT2D eigenvalue weighted by Crippen LogP contribution is -2.54. The summed E-state index contributed by atoms with van der Waals surface area (Å²) in [5, 5.41) is 23.5. The lowest BCUT2D eigenvalue weighted by atomic mass is 9.79. The summed E-state index contributed by atoms with van der Waals surface area (Å²) >= 11 is 7.88. The van der Waals surface area contributed by atoms with E-state index in [1.54, 1.807) is 30.0 Å². The van der Waals surface area contributed by atoms with Crippen LogP contribution in [0.1, 0.15) is 25.3 Å². The largest absolute Gasteiger partial charge is 0.387 e. The standard InChI is InChI=1S/C14H17ClN2OS/c1-2-19-12-6-7-14(12,18)9-17-13-10(8-16)4-3-5-11(13)15/h3-5,12,17-18H,2,6-7,9H2,1H3. The van der Waals surface area contributed by atoms with Gasteiger partial charge in [0.05, 0.1) is 21.9 Å². The maximum Gasteiger partial charge on any atom is 0.101 e. The quantitative estimate of drug-likeness (QED) is 0.875. The molecule has 3 nitrogen and oxygen atoms in total. The average Bonchev–Trinajstić information content (AvgIpc) is 2.41. The Labute approximate surface area is 123 Å². The van der Waals surface area contributed by atoms with Crippen LogP contribution in [0.3, 0.4) is 0 Å². The third kappa shape index (κ3) is 3.00. The van der Waals surface area contributed by atoms with Crippen molar-refractivity contribution in [3.05, 3.63) is 28.8 Å². The van der Waals surface area contributed by atoms with Gasteiger partial charge in [-0.2, -0.15) is 17.0 Å². The molecule has 1 fully saturated rings. The van der Waals surface area contributed by atoms with Crippen molar-refractivity contribution in [1.82, 2.24) is 0 Å². The van der Waals surface area contributed by atoms with Crippen LogP contribution in [0.4, 0.5) is 5.69 Å². The number of hydrogen-bond acceptors (Lipinski definition) is 4. The molecule has 1 aliphatic rings. The van der Waals surface area contributed by atoms with Gasteiger partial charge in [-0.1, -0.05) is 24.6 Å². The van der Waals surface area contributed by atoms with E-state index in [1.165, 1.54) is 0 Å². The second-order valence-electron chi connectivity index (χ2n) is 4.71. The fraction of sp³-hybridized carbons (Fsp3) is 0.500. The van der Waals surface area contributed by atoms with Crippen LogP contribution in [-0.4, -0.2) is 28.3 Å². The maximum atomic E-state index is 10.5. The Balaban J connectivity index is 2.05. The van der Waals surface area contributed by atoms with Crippen molar-refractivity contribution in [3.63, 3.8) is 0 Å². The first-order chi connectivity index (χ1) is 9.10. The minimum absolute atomic E-state index is 0.276. The highest BCUT2D eigenvalue weighted by Gasteiger charge is 2.45. The Morgan fingerprint density at radius 2 is 2.42 bits per heavy atom. The zero-order chi connectivity index (χ0) is 13.9. The van der Waals surface area contributed by atoms with Crippen molar-refractivity contribution >= 4 is 29.1 Å². The van der Waals surface area contributed by atoms with Crippen molar-refractivity contribution in [2.45, 2.75) is 30.6 Å². The summed E-state index contributed by atoms with van der Waals surface area (Å²) in [6, 6.07) is 7.32. The highest BCUT2D eigenvalue weighted by molar-refractivity contribution is 8.00. The molecule has 0 aromatic heterocycles. The molecule has 1 aliphatic carbocycles. The van der Waals surface area contributed by atoms with Gasteiger partial charge in [0, 0.05) is 11.8 Å². The summed E-state index contributed by atoms with van der Waals surface area (Å²) in [6.07, 6.45) is 1.84. The van der Waals surface area contributed by atoms with Crippen molar-refractivity contribution in [3.8, 4) is 6.07 Å². The number of rotatable bonds is 5. The third-order valence-corrected chi connectivity index (χ3v) is 5.24. The molecular formula is C14H17ClN2OS. The average molecular weight is 297 g/mol. The van der Waals surface area contributed by atoms with E-state index in [4.69, 9.17) is 16.9 Å². The first-order valence-corrected chi connectivity index (χ1v) is 7.80. The van der Waals surface area contributed by atoms with Gasteiger partial charge in [0.15, 0.2) is 0 Å². The second kappa shape index (κ2) is 6.04. The van der Waals surface area contributed by atoms with Gasteiger partial charge >= 0.3 is 0 Å². The van der Waals surface area contributed by atoms with Crippen molar-refractivity contribution in [2.24, 2.45) is 0 Å². The van der Waals surface area contributed by atoms with Crippen LogP contribution in [0.2, 0.25) is 5.02 Å². The molecule has 1 aromatic carbocycles. The number of aliphatic hydroxyl groups is 1. The first-order valence-electron chi connectivity index (χ1n) is 6.37. The van der Waals surface area contributed by atoms with Crippen LogP contribution >= 0.6 is 23.4 Å². The molecule has 2 N–H and O–H groups in total. The highest BCUT2D eigenvalue weighted by atomic mass is 35.5. The van der Waals surface area contributed by atoms with Gasteiger partial charge in [-0.25, -0.2) is 0 Å². The number of benzene rings is 1. The summed E-state index contributed by atoms with van der Waals surface area (Å²) in [5.41, 5.74) is 0.439. The number of nitrogens with one attached hydrogen (secondary N) is 1. The number of nitriles is 1. The van der Waals surface area contributed by atoms with E-state index in [0.29, 0.717) is 22.8 Å². The first kappa shape index (κ1) is 14.5. The molecule has 19 heavy (non-hydrogen) atoms. The number of anilines is 1. The van der Waals surface area contributed by atoms with E-state index < -0.39 is 5.60 Å². The summed E-state index contributed by atoms with van der Waals surface area (Å²) in [7, 11) is 0. The minimum atomic E-state index is -0.688. The molecule has 1 aromatic rings. The fourth-order valence-electron chi connectivity index (χ4n) is 2.28. The van der Waals surface area contributed by atoms with Crippen LogP contribution in [0.25, 0.3) is 0 Å². The summed E-state index contributed by atoms with van der Waals surface area (Å²) in [5.74, 6) is 1.00. The Hall–Kier alpha value is -0.890. The van der Waals surface area contributed by atoms with Gasteiger partial charge < -0.3 is 10.4 Å². The molecule has 0 aliphatic heterocycles. The van der Waals surface area contributed by atoms with Gasteiger partial charge in [-0.05, 0) is 30.7 Å². The van der Waals surface area contributed by atoms with E-state index in [-0.39, 0.29) is 5.25 Å². The van der Waals surface area contributed by atoms with E-state index in [0.717, 1.165) is 18.6 Å². The molecule has 1 saturated carbocycles. The number of nitrogens with zero attached hydrogens (tertiary/aromatic N) is 1. The van der Waals surface area contributed by atoms with Crippen LogP contribution in [0.5, 0.6) is 0 Å². The molecule has 2 rings (SSSR count). The van der Waals surface area contributed by atoms with Gasteiger partial charge in [0.2, 0.25) is 0 Å². The predicted molar refractivity (Wildman–Crippen MR) is 80.8 cm³/mol. The van der Waals surface area contributed by atoms with Crippen molar-refractivity contribution in [1.29, 1.82) is 5.26 Å². The van der Waals surface area contributed by atoms with E-state index in [1.807, 2.05) is 0 Å². The molecule has 0 amide bonds. The van der Waals surface area contributed by atoms with Crippen LogP contribution < -0.4 is 5.32 Å². The zero-order valence-corrected chi connectivity index (χ0v) is 12.4. The lowest BCUT2D eigenvalue weighted by Gasteiger charge is -2.45. The molecule has 0 saturated heterocycles.